The van der Waals surface area contributed by atoms with Crippen LogP contribution in [-0.2, 0) is 29.1 Å². The molecule has 0 fully saturated rings. The molecular weight excluding hydrogens is 1250 g/mol. The lowest BCUT2D eigenvalue weighted by Crippen LogP contribution is -2.27. The van der Waals surface area contributed by atoms with E-state index in [0.29, 0.717) is 5.92 Å². The largest absolute Gasteiger partial charge is 0.456 e. The maximum Gasteiger partial charge on any atom is 0.143 e. The van der Waals surface area contributed by atoms with E-state index in [1.165, 1.54) is 290 Å². The molecule has 2 heteroatoms. The number of unbranched alkanes of at least 4 members (excludes halogenated alkanes) is 20. The van der Waals surface area contributed by atoms with E-state index < -0.39 is 0 Å². The first-order valence-corrected chi connectivity index (χ1v) is 41.5. The van der Waals surface area contributed by atoms with Crippen LogP contribution >= 0.6 is 0 Å². The van der Waals surface area contributed by atoms with Crippen molar-refractivity contribution in [2.75, 3.05) is 0 Å². The first kappa shape index (κ1) is 70.7. The van der Waals surface area contributed by atoms with Crippen molar-refractivity contribution in [2.24, 2.45) is 0 Å². The number of benzene rings is 10. The van der Waals surface area contributed by atoms with E-state index >= 15 is 0 Å². The van der Waals surface area contributed by atoms with Gasteiger partial charge in [-0.05, 0) is 206 Å². The highest BCUT2D eigenvalue weighted by Gasteiger charge is 2.49. The van der Waals surface area contributed by atoms with Crippen molar-refractivity contribution in [3.63, 3.8) is 0 Å². The smallest absolute Gasteiger partial charge is 0.143 e. The van der Waals surface area contributed by atoms with E-state index in [1.807, 2.05) is 0 Å². The van der Waals surface area contributed by atoms with Gasteiger partial charge in [-0.3, -0.25) is 0 Å². The first-order chi connectivity index (χ1) is 50.5. The Morgan fingerprint density at radius 2 is 0.874 bits per heavy atom. The minimum atomic E-state index is -0.238. The minimum absolute atomic E-state index is 0.0709. The van der Waals surface area contributed by atoms with Gasteiger partial charge in [0.1, 0.15) is 22.3 Å². The summed E-state index contributed by atoms with van der Waals surface area (Å²) in [5.74, 6) is 0.316. The Labute approximate surface area is 617 Å². The molecule has 1 atom stereocenters. The molecule has 0 N–H and O–H groups in total. The molecule has 0 aliphatic heterocycles. The normalized spacial score (nSPS) is 14.6. The molecule has 0 bridgehead atoms. The van der Waals surface area contributed by atoms with Crippen LogP contribution in [0.15, 0.2) is 185 Å². The standard InChI is InChI=1S/C101H116O2/c1-9-13-17-21-25-35-58-100(59-36-26-22-18-14-10-2)85-56-57-93-96(80-43-31-33-46-91(80)102-93)95(85)84-68-88-82(66-89(84)100)78-55-53-75(65-87(78)101(88,60-37-27-23-19-15-11-3)61-38-28-24-20-16-12-4)74(64-73-51-48-69(5)62-70(73)6)52-49-71-50-54-79-86(63-71)99(7,8)90-67-83(77-45-39-41-72-40-29-30-42-76(72)77)98-97(94(79)90)81-44-32-34-47-92(81)103-98/h29-34,39-48,50-51,53-57,62-63,65-68,74H,9-28,35-38,49,52,58-61,64H2,1-8H3. The molecule has 0 spiro atoms. The van der Waals surface area contributed by atoms with Gasteiger partial charge in [-0.25, -0.2) is 0 Å². The minimum Gasteiger partial charge on any atom is -0.456 e. The van der Waals surface area contributed by atoms with Crippen molar-refractivity contribution in [1.29, 1.82) is 0 Å². The van der Waals surface area contributed by atoms with Gasteiger partial charge >= 0.3 is 0 Å². The van der Waals surface area contributed by atoms with Gasteiger partial charge in [0.25, 0.3) is 0 Å². The lowest BCUT2D eigenvalue weighted by molar-refractivity contribution is 0.394. The molecule has 15 rings (SSSR count). The number of hydrogen-bond acceptors (Lipinski definition) is 2. The molecule has 532 valence electrons. The zero-order valence-corrected chi connectivity index (χ0v) is 64.1. The fourth-order valence-electron chi connectivity index (χ4n) is 20.2. The third kappa shape index (κ3) is 13.4. The molecule has 0 saturated carbocycles. The third-order valence-corrected chi connectivity index (χ3v) is 25.8. The van der Waals surface area contributed by atoms with Crippen molar-refractivity contribution < 1.29 is 8.83 Å². The van der Waals surface area contributed by atoms with Crippen LogP contribution in [0.25, 0.3) is 99.2 Å². The van der Waals surface area contributed by atoms with E-state index in [2.05, 4.69) is 231 Å². The van der Waals surface area contributed by atoms with E-state index in [1.54, 1.807) is 27.8 Å². The molecule has 12 aromatic rings. The zero-order chi connectivity index (χ0) is 70.7. The van der Waals surface area contributed by atoms with Crippen LogP contribution < -0.4 is 0 Å². The van der Waals surface area contributed by atoms with Crippen LogP contribution in [0.4, 0.5) is 0 Å². The number of aryl methyl sites for hydroxylation is 3. The molecule has 0 saturated heterocycles. The molecule has 0 amide bonds. The molecule has 2 aromatic heterocycles. The summed E-state index contributed by atoms with van der Waals surface area (Å²) in [6.45, 7) is 19.0. The molecule has 1 unspecified atom stereocenters. The van der Waals surface area contributed by atoms with Gasteiger partial charge < -0.3 is 8.83 Å². The molecular formula is C101H116O2. The fraction of sp³-hybridized carbons (Fsp3) is 0.426. The summed E-state index contributed by atoms with van der Waals surface area (Å²) in [7, 11) is 0. The highest BCUT2D eigenvalue weighted by molar-refractivity contribution is 6.20. The second-order valence-corrected chi connectivity index (χ2v) is 33.0. The number of para-hydroxylation sites is 2. The summed E-state index contributed by atoms with van der Waals surface area (Å²) in [4.78, 5) is 0. The lowest BCUT2D eigenvalue weighted by Gasteiger charge is -2.35. The Bertz CT molecular complexity index is 4960. The number of furan rings is 2. The third-order valence-electron chi connectivity index (χ3n) is 25.8. The second kappa shape index (κ2) is 31.0. The molecule has 3 aliphatic carbocycles. The Morgan fingerprint density at radius 3 is 1.52 bits per heavy atom. The second-order valence-electron chi connectivity index (χ2n) is 33.0. The van der Waals surface area contributed by atoms with Gasteiger partial charge in [-0.15, -0.1) is 0 Å². The van der Waals surface area contributed by atoms with Gasteiger partial charge in [0.05, 0.1) is 0 Å². The molecule has 2 nitrogen and oxygen atoms in total. The Hall–Kier alpha value is -7.94. The van der Waals surface area contributed by atoms with Gasteiger partial charge in [-0.2, -0.15) is 0 Å². The average molecular weight is 1360 g/mol. The van der Waals surface area contributed by atoms with Crippen molar-refractivity contribution >= 4 is 54.6 Å². The van der Waals surface area contributed by atoms with E-state index in [-0.39, 0.29) is 16.2 Å². The van der Waals surface area contributed by atoms with Crippen LogP contribution in [0.1, 0.15) is 295 Å². The highest BCUT2D eigenvalue weighted by Crippen LogP contribution is 2.64. The first-order valence-electron chi connectivity index (χ1n) is 41.5. The Balaban J connectivity index is 0.864. The van der Waals surface area contributed by atoms with Crippen LogP contribution in [0, 0.1) is 13.8 Å². The summed E-state index contributed by atoms with van der Waals surface area (Å²) in [5, 5.41) is 7.55. The number of fused-ring (bicyclic) bond motifs is 18. The quantitative estimate of drug-likeness (QED) is 0.0370. The number of hydrogen-bond donors (Lipinski definition) is 0. The van der Waals surface area contributed by atoms with Crippen LogP contribution in [-0.4, -0.2) is 0 Å². The summed E-state index contributed by atoms with van der Waals surface area (Å²) >= 11 is 0. The Morgan fingerprint density at radius 1 is 0.350 bits per heavy atom. The fourth-order valence-corrected chi connectivity index (χ4v) is 20.2. The lowest BCUT2D eigenvalue weighted by atomic mass is 9.68. The van der Waals surface area contributed by atoms with E-state index in [4.69, 9.17) is 8.83 Å². The molecule has 0 radical (unpaired) electrons. The predicted octanol–water partition coefficient (Wildman–Crippen LogP) is 30.7. The molecule has 3 aliphatic rings. The van der Waals surface area contributed by atoms with Gasteiger partial charge in [0.15, 0.2) is 0 Å². The monoisotopic (exact) mass is 1360 g/mol. The van der Waals surface area contributed by atoms with Crippen molar-refractivity contribution in [1.82, 2.24) is 0 Å². The van der Waals surface area contributed by atoms with Crippen LogP contribution in [0.5, 0.6) is 0 Å². The Kier molecular flexibility index (Phi) is 21.3. The van der Waals surface area contributed by atoms with Crippen molar-refractivity contribution in [3.8, 4) is 44.5 Å². The summed E-state index contributed by atoms with van der Waals surface area (Å²) in [6.07, 6.45) is 39.2. The SMILES string of the molecule is CCCCCCCCC1(CCCCCCCC)c2cc(C(CCc3ccc4c(c3)C(C)(C)c3cc(-c5cccc6ccccc56)c5oc6ccccc6c5c3-4)Cc3ccc(C)cc3C)ccc2-c2cc3c(cc21)-c1c(ccc2oc4ccccc4c12)C3(CCCCCCCC)CCCCCCCC. The van der Waals surface area contributed by atoms with Crippen molar-refractivity contribution in [3.05, 3.63) is 237 Å². The van der Waals surface area contributed by atoms with E-state index in [9.17, 15) is 0 Å². The summed E-state index contributed by atoms with van der Waals surface area (Å²) < 4.78 is 14.0. The average Bonchev–Trinajstić information content (AvgIpc) is 1.53. The summed E-state index contributed by atoms with van der Waals surface area (Å²) in [5.41, 5.74) is 31.2. The van der Waals surface area contributed by atoms with Gasteiger partial charge in [-0.1, -0.05) is 341 Å². The maximum atomic E-state index is 7.03. The number of rotatable bonds is 35. The summed E-state index contributed by atoms with van der Waals surface area (Å²) in [6, 6.07) is 69.6. The maximum absolute atomic E-state index is 7.03. The zero-order valence-electron chi connectivity index (χ0n) is 64.1. The van der Waals surface area contributed by atoms with Crippen LogP contribution in [0.3, 0.4) is 0 Å². The van der Waals surface area contributed by atoms with Gasteiger partial charge in [0, 0.05) is 43.4 Å². The highest BCUT2D eigenvalue weighted by atomic mass is 16.3. The van der Waals surface area contributed by atoms with Crippen molar-refractivity contribution in [2.45, 2.75) is 277 Å². The van der Waals surface area contributed by atoms with Gasteiger partial charge in [0.2, 0.25) is 0 Å². The molecule has 103 heavy (non-hydrogen) atoms. The predicted molar refractivity (Wildman–Crippen MR) is 443 cm³/mol. The topological polar surface area (TPSA) is 26.3 Å². The molecule has 2 heterocycles. The van der Waals surface area contributed by atoms with Crippen LogP contribution in [0.2, 0.25) is 0 Å². The molecule has 10 aromatic carbocycles. The van der Waals surface area contributed by atoms with E-state index in [0.717, 1.165) is 41.6 Å².